The number of hydrogen-bond acceptors (Lipinski definition) is 5. The predicted molar refractivity (Wildman–Crippen MR) is 91.2 cm³/mol. The highest BCUT2D eigenvalue weighted by atomic mass is 35.5. The third-order valence-electron chi connectivity index (χ3n) is 3.65. The highest BCUT2D eigenvalue weighted by molar-refractivity contribution is 6.28. The van der Waals surface area contributed by atoms with Gasteiger partial charge in [0.1, 0.15) is 6.61 Å². The van der Waals surface area contributed by atoms with Gasteiger partial charge in [0.05, 0.1) is 19.0 Å². The van der Waals surface area contributed by atoms with Gasteiger partial charge in [0, 0.05) is 5.69 Å². The summed E-state index contributed by atoms with van der Waals surface area (Å²) in [5.74, 6) is 0.530. The first-order chi connectivity index (χ1) is 12.8. The molecule has 2 heterocycles. The van der Waals surface area contributed by atoms with E-state index in [0.29, 0.717) is 17.1 Å². The molecule has 27 heavy (non-hydrogen) atoms. The largest absolute Gasteiger partial charge is 0.490 e. The summed E-state index contributed by atoms with van der Waals surface area (Å²) in [5.41, 5.74) is 0.734. The van der Waals surface area contributed by atoms with Crippen LogP contribution in [0.15, 0.2) is 36.5 Å². The van der Waals surface area contributed by atoms with Crippen molar-refractivity contribution in [3.8, 4) is 17.3 Å². The van der Waals surface area contributed by atoms with E-state index in [1.165, 1.54) is 18.0 Å². The Kier molecular flexibility index (Phi) is 5.22. The standard InChI is InChI=1S/C17H14ClF3N4O2/c1-10-7-14(17(19,20)21)24-25(10)12-5-3-11(4-6-12)9-27-15-13(26-2)8-22-16(18)23-15/h3-8H,9H2,1-2H3. The van der Waals surface area contributed by atoms with Crippen molar-refractivity contribution in [2.45, 2.75) is 19.7 Å². The summed E-state index contributed by atoms with van der Waals surface area (Å²) in [6.07, 6.45) is -3.09. The van der Waals surface area contributed by atoms with Crippen molar-refractivity contribution in [3.05, 3.63) is 58.8 Å². The van der Waals surface area contributed by atoms with Crippen LogP contribution in [-0.2, 0) is 12.8 Å². The predicted octanol–water partition coefficient (Wildman–Crippen LogP) is 4.23. The molecule has 3 aromatic rings. The van der Waals surface area contributed by atoms with Crippen LogP contribution < -0.4 is 9.47 Å². The molecule has 10 heteroatoms. The van der Waals surface area contributed by atoms with Gasteiger partial charge in [0.2, 0.25) is 5.28 Å². The summed E-state index contributed by atoms with van der Waals surface area (Å²) in [6, 6.07) is 7.76. The second-order valence-electron chi connectivity index (χ2n) is 5.55. The van der Waals surface area contributed by atoms with E-state index in [1.807, 2.05) is 0 Å². The first-order valence-corrected chi connectivity index (χ1v) is 8.08. The molecule has 0 spiro atoms. The first kappa shape index (κ1) is 19.0. The van der Waals surface area contributed by atoms with Crippen molar-refractivity contribution in [3.63, 3.8) is 0 Å². The lowest BCUT2D eigenvalue weighted by molar-refractivity contribution is -0.141. The van der Waals surface area contributed by atoms with Gasteiger partial charge in [-0.3, -0.25) is 0 Å². The minimum Gasteiger partial charge on any atom is -0.490 e. The van der Waals surface area contributed by atoms with E-state index in [9.17, 15) is 13.2 Å². The maximum absolute atomic E-state index is 12.8. The van der Waals surface area contributed by atoms with E-state index in [2.05, 4.69) is 15.1 Å². The number of hydrogen-bond donors (Lipinski definition) is 0. The smallest absolute Gasteiger partial charge is 0.435 e. The van der Waals surface area contributed by atoms with Crippen molar-refractivity contribution < 1.29 is 22.6 Å². The van der Waals surface area contributed by atoms with Crippen LogP contribution >= 0.6 is 11.6 Å². The van der Waals surface area contributed by atoms with Crippen LogP contribution in [0.1, 0.15) is 17.0 Å². The molecule has 0 amide bonds. The van der Waals surface area contributed by atoms with Crippen LogP contribution in [0.3, 0.4) is 0 Å². The molecule has 0 fully saturated rings. The Balaban J connectivity index is 1.75. The lowest BCUT2D eigenvalue weighted by Crippen LogP contribution is -2.07. The van der Waals surface area contributed by atoms with E-state index >= 15 is 0 Å². The normalized spacial score (nSPS) is 11.5. The zero-order valence-electron chi connectivity index (χ0n) is 14.3. The molecule has 0 saturated heterocycles. The molecule has 2 aromatic heterocycles. The average Bonchev–Trinajstić information content (AvgIpc) is 3.03. The minimum absolute atomic E-state index is 0.0239. The van der Waals surface area contributed by atoms with E-state index < -0.39 is 11.9 Å². The van der Waals surface area contributed by atoms with Gasteiger partial charge in [-0.05, 0) is 42.3 Å². The Labute approximate surface area is 157 Å². The highest BCUT2D eigenvalue weighted by Gasteiger charge is 2.34. The summed E-state index contributed by atoms with van der Waals surface area (Å²) in [7, 11) is 1.45. The number of ether oxygens (including phenoxy) is 2. The van der Waals surface area contributed by atoms with Crippen molar-refractivity contribution in [1.29, 1.82) is 0 Å². The van der Waals surface area contributed by atoms with Crippen molar-refractivity contribution in [1.82, 2.24) is 19.7 Å². The summed E-state index contributed by atoms with van der Waals surface area (Å²) in [6.45, 7) is 1.72. The first-order valence-electron chi connectivity index (χ1n) is 7.70. The highest BCUT2D eigenvalue weighted by Crippen LogP contribution is 2.29. The van der Waals surface area contributed by atoms with Gasteiger partial charge in [-0.15, -0.1) is 0 Å². The molecule has 0 N–H and O–H groups in total. The third-order valence-corrected chi connectivity index (χ3v) is 3.83. The van der Waals surface area contributed by atoms with Crippen LogP contribution in [0.4, 0.5) is 13.2 Å². The zero-order chi connectivity index (χ0) is 19.6. The minimum atomic E-state index is -4.48. The van der Waals surface area contributed by atoms with E-state index in [0.717, 1.165) is 11.6 Å². The number of halogens is 4. The molecule has 0 atom stereocenters. The number of alkyl halides is 3. The monoisotopic (exact) mass is 398 g/mol. The van der Waals surface area contributed by atoms with Crippen molar-refractivity contribution in [2.24, 2.45) is 0 Å². The topological polar surface area (TPSA) is 62.1 Å². The summed E-state index contributed by atoms with van der Waals surface area (Å²) in [4.78, 5) is 7.75. The molecule has 0 radical (unpaired) electrons. The van der Waals surface area contributed by atoms with E-state index in [4.69, 9.17) is 21.1 Å². The molecule has 0 aliphatic rings. The maximum atomic E-state index is 12.8. The molecule has 0 saturated carbocycles. The van der Waals surface area contributed by atoms with Crippen LogP contribution in [0.25, 0.3) is 5.69 Å². The van der Waals surface area contributed by atoms with Gasteiger partial charge in [-0.2, -0.15) is 23.3 Å². The number of rotatable bonds is 5. The summed E-state index contributed by atoms with van der Waals surface area (Å²) in [5, 5.41) is 3.64. The Morgan fingerprint density at radius 2 is 1.89 bits per heavy atom. The molecule has 0 unspecified atom stereocenters. The van der Waals surface area contributed by atoms with Crippen LogP contribution in [0, 0.1) is 6.92 Å². The number of methoxy groups -OCH3 is 1. The molecule has 0 aliphatic heterocycles. The number of aromatic nitrogens is 4. The molecule has 3 rings (SSSR count). The van der Waals surface area contributed by atoms with Crippen molar-refractivity contribution >= 4 is 11.6 Å². The van der Waals surface area contributed by atoms with Crippen LogP contribution in [0.2, 0.25) is 5.28 Å². The summed E-state index contributed by atoms with van der Waals surface area (Å²) < 4.78 is 50.3. The number of aryl methyl sites for hydroxylation is 1. The fourth-order valence-corrected chi connectivity index (χ4v) is 2.46. The van der Waals surface area contributed by atoms with E-state index in [-0.39, 0.29) is 17.8 Å². The Morgan fingerprint density at radius 3 is 2.48 bits per heavy atom. The SMILES string of the molecule is COc1cnc(Cl)nc1OCc1ccc(-n2nc(C(F)(F)F)cc2C)cc1. The molecular weight excluding hydrogens is 385 g/mol. The zero-order valence-corrected chi connectivity index (χ0v) is 15.0. The lowest BCUT2D eigenvalue weighted by Gasteiger charge is -2.10. The summed E-state index contributed by atoms with van der Waals surface area (Å²) >= 11 is 5.75. The Morgan fingerprint density at radius 1 is 1.19 bits per heavy atom. The molecular formula is C17H14ClF3N4O2. The molecule has 142 valence electrons. The average molecular weight is 399 g/mol. The van der Waals surface area contributed by atoms with Crippen LogP contribution in [-0.4, -0.2) is 26.9 Å². The van der Waals surface area contributed by atoms with Gasteiger partial charge in [0.15, 0.2) is 11.4 Å². The second kappa shape index (κ2) is 7.43. The number of benzene rings is 1. The van der Waals surface area contributed by atoms with Crippen molar-refractivity contribution in [2.75, 3.05) is 7.11 Å². The van der Waals surface area contributed by atoms with E-state index in [1.54, 1.807) is 31.2 Å². The van der Waals surface area contributed by atoms with Gasteiger partial charge < -0.3 is 9.47 Å². The number of nitrogens with zero attached hydrogens (tertiary/aromatic N) is 4. The maximum Gasteiger partial charge on any atom is 0.435 e. The molecule has 0 bridgehead atoms. The van der Waals surface area contributed by atoms with Gasteiger partial charge >= 0.3 is 6.18 Å². The fourth-order valence-electron chi connectivity index (χ4n) is 2.34. The molecule has 6 nitrogen and oxygen atoms in total. The fraction of sp³-hybridized carbons (Fsp3) is 0.235. The molecule has 0 aliphatic carbocycles. The Hall–Kier alpha value is -2.81. The quantitative estimate of drug-likeness (QED) is 0.602. The lowest BCUT2D eigenvalue weighted by atomic mass is 10.2. The third kappa shape index (κ3) is 4.30. The Bertz CT molecular complexity index is 942. The second-order valence-corrected chi connectivity index (χ2v) is 5.89. The van der Waals surface area contributed by atoms with Gasteiger partial charge in [-0.25, -0.2) is 9.67 Å². The molecule has 1 aromatic carbocycles. The van der Waals surface area contributed by atoms with Gasteiger partial charge in [-0.1, -0.05) is 12.1 Å². The van der Waals surface area contributed by atoms with Crippen LogP contribution in [0.5, 0.6) is 11.6 Å². The van der Waals surface area contributed by atoms with Gasteiger partial charge in [0.25, 0.3) is 5.88 Å².